The molecule has 0 bridgehead atoms. The van der Waals surface area contributed by atoms with Gasteiger partial charge in [-0.05, 0) is 43.0 Å². The van der Waals surface area contributed by atoms with E-state index >= 15 is 0 Å². The van der Waals surface area contributed by atoms with Gasteiger partial charge in [0.1, 0.15) is 5.82 Å². The van der Waals surface area contributed by atoms with E-state index in [0.29, 0.717) is 6.42 Å². The normalized spacial score (nSPS) is 12.3. The zero-order chi connectivity index (χ0) is 14.1. The first-order valence-corrected chi connectivity index (χ1v) is 6.51. The first-order chi connectivity index (χ1) is 9.15. The smallest absolute Gasteiger partial charge is 0.155 e. The van der Waals surface area contributed by atoms with Crippen molar-refractivity contribution < 1.29 is 9.18 Å². The molecule has 100 valence electrons. The van der Waals surface area contributed by atoms with Crippen molar-refractivity contribution >= 4 is 11.9 Å². The van der Waals surface area contributed by atoms with Crippen LogP contribution >= 0.6 is 0 Å². The third-order valence-corrected chi connectivity index (χ3v) is 2.98. The quantitative estimate of drug-likeness (QED) is 0.691. The van der Waals surface area contributed by atoms with Crippen molar-refractivity contribution in [2.24, 2.45) is 5.92 Å². The summed E-state index contributed by atoms with van der Waals surface area (Å²) in [7, 11) is 0. The number of nitriles is 1. The summed E-state index contributed by atoms with van der Waals surface area (Å²) in [5.74, 6) is -0.198. The lowest BCUT2D eigenvalue weighted by Crippen LogP contribution is -1.98. The maximum absolute atomic E-state index is 12.7. The van der Waals surface area contributed by atoms with E-state index < -0.39 is 0 Å². The summed E-state index contributed by atoms with van der Waals surface area (Å²) in [5.41, 5.74) is 0.804. The van der Waals surface area contributed by atoms with Gasteiger partial charge in [-0.15, -0.1) is 0 Å². The summed E-state index contributed by atoms with van der Waals surface area (Å²) in [6.45, 7) is 1.98. The van der Waals surface area contributed by atoms with E-state index in [9.17, 15) is 9.18 Å². The zero-order valence-corrected chi connectivity index (χ0v) is 11.1. The fourth-order valence-electron chi connectivity index (χ4n) is 1.73. The molecule has 1 atom stereocenters. The highest BCUT2D eigenvalue weighted by molar-refractivity contribution is 5.93. The van der Waals surface area contributed by atoms with E-state index in [1.807, 2.05) is 6.92 Å². The summed E-state index contributed by atoms with van der Waals surface area (Å²) in [6.07, 6.45) is 5.98. The fraction of sp³-hybridized carbons (Fsp3) is 0.375. The van der Waals surface area contributed by atoms with E-state index in [1.54, 1.807) is 18.2 Å². The number of ketones is 1. The average molecular weight is 259 g/mol. The molecule has 1 aromatic rings. The second-order valence-corrected chi connectivity index (χ2v) is 4.48. The lowest BCUT2D eigenvalue weighted by Gasteiger charge is -2.03. The lowest BCUT2D eigenvalue weighted by atomic mass is 10.00. The molecule has 0 radical (unpaired) electrons. The van der Waals surface area contributed by atoms with Gasteiger partial charge in [-0.1, -0.05) is 25.1 Å². The van der Waals surface area contributed by atoms with Crippen LogP contribution in [0.25, 0.3) is 6.08 Å². The number of hydrogen-bond donors (Lipinski definition) is 0. The number of carbonyl (C=O) groups excluding carboxylic acids is 1. The van der Waals surface area contributed by atoms with Gasteiger partial charge in [0.15, 0.2) is 5.78 Å². The molecule has 0 aromatic heterocycles. The van der Waals surface area contributed by atoms with Crippen LogP contribution in [0.2, 0.25) is 0 Å². The SMILES string of the molecule is CCC(C#N)CCCC(=O)C=Cc1ccc(F)cc1. The van der Waals surface area contributed by atoms with Crippen molar-refractivity contribution in [3.63, 3.8) is 0 Å². The van der Waals surface area contributed by atoms with E-state index in [4.69, 9.17) is 5.26 Å². The number of rotatable bonds is 7. The first kappa shape index (κ1) is 15.1. The Labute approximate surface area is 113 Å². The molecule has 3 heteroatoms. The zero-order valence-electron chi connectivity index (χ0n) is 11.1. The molecular weight excluding hydrogens is 241 g/mol. The molecule has 0 aliphatic heterocycles. The number of nitrogens with zero attached hydrogens (tertiary/aromatic N) is 1. The summed E-state index contributed by atoms with van der Waals surface area (Å²) < 4.78 is 12.7. The molecule has 0 amide bonds. The van der Waals surface area contributed by atoms with Crippen LogP contribution in [0.15, 0.2) is 30.3 Å². The maximum atomic E-state index is 12.7. The van der Waals surface area contributed by atoms with Crippen molar-refractivity contribution in [2.75, 3.05) is 0 Å². The van der Waals surface area contributed by atoms with Crippen LogP contribution < -0.4 is 0 Å². The van der Waals surface area contributed by atoms with Crippen LogP contribution in [0.1, 0.15) is 38.2 Å². The van der Waals surface area contributed by atoms with Gasteiger partial charge in [0.2, 0.25) is 0 Å². The maximum Gasteiger partial charge on any atom is 0.155 e. The van der Waals surface area contributed by atoms with Crippen molar-refractivity contribution in [1.82, 2.24) is 0 Å². The van der Waals surface area contributed by atoms with Crippen molar-refractivity contribution in [1.29, 1.82) is 5.26 Å². The Hall–Kier alpha value is -1.95. The van der Waals surface area contributed by atoms with E-state index in [2.05, 4.69) is 6.07 Å². The summed E-state index contributed by atoms with van der Waals surface area (Å²) in [4.78, 5) is 11.6. The van der Waals surface area contributed by atoms with Gasteiger partial charge >= 0.3 is 0 Å². The van der Waals surface area contributed by atoms with Gasteiger partial charge in [-0.2, -0.15) is 5.26 Å². The second-order valence-electron chi connectivity index (χ2n) is 4.48. The van der Waals surface area contributed by atoms with Crippen LogP contribution in [-0.4, -0.2) is 5.78 Å². The first-order valence-electron chi connectivity index (χ1n) is 6.51. The molecule has 0 spiro atoms. The summed E-state index contributed by atoms with van der Waals surface area (Å²) in [6, 6.07) is 8.21. The lowest BCUT2D eigenvalue weighted by molar-refractivity contribution is -0.114. The van der Waals surface area contributed by atoms with E-state index in [1.165, 1.54) is 18.2 Å². The highest BCUT2D eigenvalue weighted by Crippen LogP contribution is 2.12. The predicted molar refractivity (Wildman–Crippen MR) is 73.7 cm³/mol. The van der Waals surface area contributed by atoms with Crippen molar-refractivity contribution in [2.45, 2.75) is 32.6 Å². The van der Waals surface area contributed by atoms with Crippen molar-refractivity contribution in [3.8, 4) is 6.07 Å². The van der Waals surface area contributed by atoms with Crippen molar-refractivity contribution in [3.05, 3.63) is 41.7 Å². The molecule has 0 aliphatic carbocycles. The minimum Gasteiger partial charge on any atom is -0.295 e. The molecule has 19 heavy (non-hydrogen) atoms. The molecule has 0 aliphatic rings. The monoisotopic (exact) mass is 259 g/mol. The van der Waals surface area contributed by atoms with Crippen LogP contribution in [0.5, 0.6) is 0 Å². The third-order valence-electron chi connectivity index (χ3n) is 2.98. The number of allylic oxidation sites excluding steroid dienone is 1. The minimum atomic E-state index is -0.286. The van der Waals surface area contributed by atoms with Crippen LogP contribution in [0, 0.1) is 23.1 Å². The van der Waals surface area contributed by atoms with Gasteiger partial charge in [0.05, 0.1) is 6.07 Å². The summed E-state index contributed by atoms with van der Waals surface area (Å²) >= 11 is 0. The molecule has 0 saturated carbocycles. The molecule has 0 saturated heterocycles. The Balaban J connectivity index is 2.35. The number of hydrogen-bond acceptors (Lipinski definition) is 2. The predicted octanol–water partition coefficient (Wildman–Crippen LogP) is 4.13. The van der Waals surface area contributed by atoms with Gasteiger partial charge in [-0.25, -0.2) is 4.39 Å². The number of halogens is 1. The van der Waals surface area contributed by atoms with E-state index in [0.717, 1.165) is 24.8 Å². The third kappa shape index (κ3) is 5.96. The molecule has 1 rings (SSSR count). The standard InChI is InChI=1S/C16H18FNO/c1-2-13(12-18)4-3-5-16(19)11-8-14-6-9-15(17)10-7-14/h6-11,13H,2-5H2,1H3. The van der Waals surface area contributed by atoms with Crippen LogP contribution in [0.4, 0.5) is 4.39 Å². The average Bonchev–Trinajstić information content (AvgIpc) is 2.43. The van der Waals surface area contributed by atoms with Gasteiger partial charge in [-0.3, -0.25) is 4.79 Å². The Morgan fingerprint density at radius 3 is 2.68 bits per heavy atom. The Bertz CT molecular complexity index is 471. The van der Waals surface area contributed by atoms with Crippen LogP contribution in [0.3, 0.4) is 0 Å². The Morgan fingerprint density at radius 1 is 1.42 bits per heavy atom. The van der Waals surface area contributed by atoms with E-state index in [-0.39, 0.29) is 17.5 Å². The Morgan fingerprint density at radius 2 is 2.11 bits per heavy atom. The molecule has 1 aromatic carbocycles. The highest BCUT2D eigenvalue weighted by atomic mass is 19.1. The largest absolute Gasteiger partial charge is 0.295 e. The second kappa shape index (κ2) is 8.20. The molecule has 1 unspecified atom stereocenters. The highest BCUT2D eigenvalue weighted by Gasteiger charge is 2.05. The molecule has 2 nitrogen and oxygen atoms in total. The molecule has 0 fully saturated rings. The topological polar surface area (TPSA) is 40.9 Å². The van der Waals surface area contributed by atoms with Gasteiger partial charge in [0.25, 0.3) is 0 Å². The molecular formula is C16H18FNO. The fourth-order valence-corrected chi connectivity index (χ4v) is 1.73. The molecule has 0 N–H and O–H groups in total. The number of benzene rings is 1. The minimum absolute atomic E-state index is 0.0390. The number of carbonyl (C=O) groups is 1. The Kier molecular flexibility index (Phi) is 6.52. The molecule has 0 heterocycles. The van der Waals surface area contributed by atoms with Gasteiger partial charge < -0.3 is 0 Å². The summed E-state index contributed by atoms with van der Waals surface area (Å²) in [5, 5.41) is 8.79. The van der Waals surface area contributed by atoms with Gasteiger partial charge in [0, 0.05) is 12.3 Å². The van der Waals surface area contributed by atoms with Crippen LogP contribution in [-0.2, 0) is 4.79 Å².